The summed E-state index contributed by atoms with van der Waals surface area (Å²) in [6.07, 6.45) is 2.05. The zero-order valence-corrected chi connectivity index (χ0v) is 25.3. The molecule has 0 heterocycles. The molecular weight excluding hydrogens is 528 g/mol. The van der Waals surface area contributed by atoms with E-state index in [4.69, 9.17) is 56.8 Å². The highest BCUT2D eigenvalue weighted by Gasteiger charge is 1.96. The van der Waals surface area contributed by atoms with E-state index in [1.165, 1.54) is 0 Å². The van der Waals surface area contributed by atoms with Crippen LogP contribution < -0.4 is 0 Å². The Bertz CT molecular complexity index is 396. The summed E-state index contributed by atoms with van der Waals surface area (Å²) in [7, 11) is 0. The lowest BCUT2D eigenvalue weighted by Crippen LogP contribution is -2.15. The van der Waals surface area contributed by atoms with Gasteiger partial charge in [-0.3, -0.25) is 0 Å². The predicted octanol–water partition coefficient (Wildman–Crippen LogP) is 2.01. The Balaban J connectivity index is 3.01. The zero-order valence-electron chi connectivity index (χ0n) is 25.3. The SMILES string of the molecule is CCCOCCOCCOCCOCCOCCOCCOCCOCCOCCOCCOCCOCCC. The summed E-state index contributed by atoms with van der Waals surface area (Å²) in [4.78, 5) is 0. The Hall–Kier alpha value is -0.480. The molecule has 0 fully saturated rings. The summed E-state index contributed by atoms with van der Waals surface area (Å²) < 4.78 is 65.1. The topological polar surface area (TPSA) is 111 Å². The van der Waals surface area contributed by atoms with Gasteiger partial charge < -0.3 is 56.8 Å². The van der Waals surface area contributed by atoms with E-state index >= 15 is 0 Å². The smallest absolute Gasteiger partial charge is 0.0701 e. The van der Waals surface area contributed by atoms with Crippen molar-refractivity contribution in [3.63, 3.8) is 0 Å². The first-order valence-corrected chi connectivity index (χ1v) is 14.8. The van der Waals surface area contributed by atoms with E-state index in [1.54, 1.807) is 0 Å². The molecule has 0 aromatic carbocycles. The van der Waals surface area contributed by atoms with Gasteiger partial charge in [-0.1, -0.05) is 13.8 Å². The van der Waals surface area contributed by atoms with Gasteiger partial charge in [0.1, 0.15) is 0 Å². The Morgan fingerprint density at radius 1 is 0.175 bits per heavy atom. The van der Waals surface area contributed by atoms with Crippen molar-refractivity contribution in [3.05, 3.63) is 0 Å². The molecule has 0 N–H and O–H groups in total. The van der Waals surface area contributed by atoms with Crippen LogP contribution in [0.4, 0.5) is 0 Å². The maximum atomic E-state index is 5.47. The minimum Gasteiger partial charge on any atom is -0.379 e. The standard InChI is InChI=1S/C28H58O12/c1-3-5-29-7-9-31-11-13-33-15-17-35-19-21-37-23-25-39-27-28-40-26-24-38-22-20-36-18-16-34-14-12-32-10-8-30-6-4-2/h3-28H2,1-2H3. The highest BCUT2D eigenvalue weighted by atomic mass is 16.6. The van der Waals surface area contributed by atoms with Crippen LogP contribution in [0.1, 0.15) is 26.7 Å². The molecule has 242 valence electrons. The van der Waals surface area contributed by atoms with E-state index in [0.717, 1.165) is 26.1 Å². The summed E-state index contributed by atoms with van der Waals surface area (Å²) >= 11 is 0. The molecule has 0 atom stereocenters. The van der Waals surface area contributed by atoms with Crippen molar-refractivity contribution < 1.29 is 56.8 Å². The lowest BCUT2D eigenvalue weighted by molar-refractivity contribution is -0.0283. The summed E-state index contributed by atoms with van der Waals surface area (Å²) in [5.41, 5.74) is 0. The van der Waals surface area contributed by atoms with Gasteiger partial charge in [-0.05, 0) is 12.8 Å². The molecule has 0 bridgehead atoms. The number of rotatable bonds is 37. The Morgan fingerprint density at radius 2 is 0.275 bits per heavy atom. The van der Waals surface area contributed by atoms with Crippen molar-refractivity contribution in [2.75, 3.05) is 159 Å². The molecule has 12 nitrogen and oxygen atoms in total. The highest BCUT2D eigenvalue weighted by molar-refractivity contribution is 4.39. The minimum atomic E-state index is 0.521. The van der Waals surface area contributed by atoms with Crippen molar-refractivity contribution in [2.45, 2.75) is 26.7 Å². The van der Waals surface area contributed by atoms with Crippen LogP contribution in [0, 0.1) is 0 Å². The number of hydrogen-bond acceptors (Lipinski definition) is 12. The van der Waals surface area contributed by atoms with E-state index in [9.17, 15) is 0 Å². The van der Waals surface area contributed by atoms with Gasteiger partial charge in [-0.15, -0.1) is 0 Å². The number of hydrogen-bond donors (Lipinski definition) is 0. The molecule has 0 saturated carbocycles. The first-order chi connectivity index (χ1) is 19.9. The monoisotopic (exact) mass is 586 g/mol. The third-order valence-corrected chi connectivity index (χ3v) is 4.79. The maximum absolute atomic E-state index is 5.47. The molecule has 0 aliphatic heterocycles. The lowest BCUT2D eigenvalue weighted by atomic mass is 10.5. The van der Waals surface area contributed by atoms with Gasteiger partial charge in [0.15, 0.2) is 0 Å². The molecule has 12 heteroatoms. The Kier molecular flexibility index (Phi) is 38.1. The predicted molar refractivity (Wildman–Crippen MR) is 150 cm³/mol. The summed E-state index contributed by atoms with van der Waals surface area (Å²) in [5, 5.41) is 0. The van der Waals surface area contributed by atoms with E-state index in [2.05, 4.69) is 13.8 Å². The van der Waals surface area contributed by atoms with Gasteiger partial charge in [0.05, 0.1) is 145 Å². The fourth-order valence-corrected chi connectivity index (χ4v) is 2.81. The van der Waals surface area contributed by atoms with Crippen LogP contribution in [-0.2, 0) is 56.8 Å². The highest BCUT2D eigenvalue weighted by Crippen LogP contribution is 1.88. The molecule has 0 spiro atoms. The van der Waals surface area contributed by atoms with Crippen LogP contribution in [0.5, 0.6) is 0 Å². The van der Waals surface area contributed by atoms with Crippen LogP contribution in [-0.4, -0.2) is 159 Å². The first kappa shape index (κ1) is 39.5. The average molecular weight is 587 g/mol. The molecule has 0 aromatic rings. The van der Waals surface area contributed by atoms with E-state index in [0.29, 0.717) is 145 Å². The third kappa shape index (κ3) is 37.5. The zero-order chi connectivity index (χ0) is 28.9. The molecule has 0 radical (unpaired) electrons. The van der Waals surface area contributed by atoms with Gasteiger partial charge in [-0.2, -0.15) is 0 Å². The Labute approximate surface area is 242 Å². The van der Waals surface area contributed by atoms with E-state index in [-0.39, 0.29) is 0 Å². The molecule has 0 saturated heterocycles. The average Bonchev–Trinajstić information content (AvgIpc) is 2.97. The molecular formula is C28H58O12. The van der Waals surface area contributed by atoms with Crippen molar-refractivity contribution in [3.8, 4) is 0 Å². The van der Waals surface area contributed by atoms with Crippen molar-refractivity contribution in [2.24, 2.45) is 0 Å². The van der Waals surface area contributed by atoms with Crippen molar-refractivity contribution >= 4 is 0 Å². The second-order valence-corrected chi connectivity index (χ2v) is 8.35. The van der Waals surface area contributed by atoms with Crippen LogP contribution in [0.15, 0.2) is 0 Å². The van der Waals surface area contributed by atoms with Gasteiger partial charge in [0.25, 0.3) is 0 Å². The summed E-state index contributed by atoms with van der Waals surface area (Å²) in [6.45, 7) is 17.9. The minimum absolute atomic E-state index is 0.521. The van der Waals surface area contributed by atoms with Crippen LogP contribution in [0.25, 0.3) is 0 Å². The molecule has 0 rings (SSSR count). The van der Waals surface area contributed by atoms with E-state index in [1.807, 2.05) is 0 Å². The lowest BCUT2D eigenvalue weighted by Gasteiger charge is -2.09. The molecule has 0 aliphatic carbocycles. The summed E-state index contributed by atoms with van der Waals surface area (Å²) in [5.74, 6) is 0. The molecule has 0 aliphatic rings. The molecule has 0 amide bonds. The van der Waals surface area contributed by atoms with Crippen LogP contribution in [0.3, 0.4) is 0 Å². The summed E-state index contributed by atoms with van der Waals surface area (Å²) in [6, 6.07) is 0. The Morgan fingerprint density at radius 3 is 0.375 bits per heavy atom. The normalized spacial score (nSPS) is 11.6. The van der Waals surface area contributed by atoms with E-state index < -0.39 is 0 Å². The van der Waals surface area contributed by atoms with Gasteiger partial charge >= 0.3 is 0 Å². The van der Waals surface area contributed by atoms with Crippen LogP contribution >= 0.6 is 0 Å². The molecule has 0 aromatic heterocycles. The van der Waals surface area contributed by atoms with Crippen LogP contribution in [0.2, 0.25) is 0 Å². The number of ether oxygens (including phenoxy) is 12. The largest absolute Gasteiger partial charge is 0.379 e. The van der Waals surface area contributed by atoms with Gasteiger partial charge in [0, 0.05) is 13.2 Å². The second-order valence-electron chi connectivity index (χ2n) is 8.35. The molecule has 0 unspecified atom stereocenters. The second kappa shape index (κ2) is 38.5. The fourth-order valence-electron chi connectivity index (χ4n) is 2.81. The quantitative estimate of drug-likeness (QED) is 0.0993. The molecule has 40 heavy (non-hydrogen) atoms. The third-order valence-electron chi connectivity index (χ3n) is 4.79. The van der Waals surface area contributed by atoms with Crippen molar-refractivity contribution in [1.82, 2.24) is 0 Å². The van der Waals surface area contributed by atoms with Gasteiger partial charge in [0.2, 0.25) is 0 Å². The van der Waals surface area contributed by atoms with Crippen molar-refractivity contribution in [1.29, 1.82) is 0 Å². The first-order valence-electron chi connectivity index (χ1n) is 14.8. The fraction of sp³-hybridized carbons (Fsp3) is 1.00. The van der Waals surface area contributed by atoms with Gasteiger partial charge in [-0.25, -0.2) is 0 Å². The maximum Gasteiger partial charge on any atom is 0.0701 e.